The van der Waals surface area contributed by atoms with Gasteiger partial charge in [0.05, 0.1) is 6.61 Å². The highest BCUT2D eigenvalue weighted by molar-refractivity contribution is 5.28. The lowest BCUT2D eigenvalue weighted by atomic mass is 10.1. The Balaban J connectivity index is 2.59. The molecular formula is C11H17NO. The van der Waals surface area contributed by atoms with Crippen LogP contribution < -0.4 is 10.5 Å². The molecule has 2 N–H and O–H groups in total. The van der Waals surface area contributed by atoms with Gasteiger partial charge in [-0.25, -0.2) is 0 Å². The lowest BCUT2D eigenvalue weighted by Gasteiger charge is -2.07. The third-order valence-corrected chi connectivity index (χ3v) is 1.88. The normalized spacial score (nSPS) is 12.5. The van der Waals surface area contributed by atoms with Gasteiger partial charge in [0.15, 0.2) is 0 Å². The molecule has 0 saturated carbocycles. The maximum absolute atomic E-state index is 5.72. The summed E-state index contributed by atoms with van der Waals surface area (Å²) < 4.78 is 5.45. The summed E-state index contributed by atoms with van der Waals surface area (Å²) in [4.78, 5) is 0. The summed E-state index contributed by atoms with van der Waals surface area (Å²) in [6, 6.07) is 8.05. The lowest BCUT2D eigenvalue weighted by molar-refractivity contribution is 0.317. The van der Waals surface area contributed by atoms with E-state index in [9.17, 15) is 0 Å². The fraction of sp³-hybridized carbons (Fsp3) is 0.455. The Bertz CT molecular complexity index is 241. The molecule has 2 nitrogen and oxygen atoms in total. The van der Waals surface area contributed by atoms with Crippen LogP contribution in [0.1, 0.15) is 31.9 Å². The summed E-state index contributed by atoms with van der Waals surface area (Å²) in [7, 11) is 0. The van der Waals surface area contributed by atoms with Crippen LogP contribution in [-0.4, -0.2) is 6.61 Å². The molecule has 0 aromatic heterocycles. The molecular weight excluding hydrogens is 162 g/mol. The van der Waals surface area contributed by atoms with Crippen LogP contribution in [0.5, 0.6) is 5.75 Å². The fourth-order valence-electron chi connectivity index (χ4n) is 1.09. The summed E-state index contributed by atoms with van der Waals surface area (Å²) >= 11 is 0. The van der Waals surface area contributed by atoms with E-state index in [1.807, 2.05) is 31.2 Å². The summed E-state index contributed by atoms with van der Waals surface area (Å²) in [6.45, 7) is 4.84. The van der Waals surface area contributed by atoms with E-state index in [0.717, 1.165) is 24.3 Å². The van der Waals surface area contributed by atoms with Crippen LogP contribution >= 0.6 is 0 Å². The van der Waals surface area contributed by atoms with Gasteiger partial charge < -0.3 is 10.5 Å². The molecule has 0 amide bonds. The zero-order valence-electron chi connectivity index (χ0n) is 8.29. The van der Waals surface area contributed by atoms with Crippen molar-refractivity contribution in [3.63, 3.8) is 0 Å². The Labute approximate surface area is 79.7 Å². The molecule has 1 aromatic rings. The first-order valence-electron chi connectivity index (χ1n) is 4.72. The number of rotatable bonds is 4. The molecule has 0 heterocycles. The Morgan fingerprint density at radius 3 is 2.38 bits per heavy atom. The van der Waals surface area contributed by atoms with Gasteiger partial charge in [0.1, 0.15) is 5.75 Å². The molecule has 72 valence electrons. The van der Waals surface area contributed by atoms with Crippen molar-refractivity contribution in [3.05, 3.63) is 29.8 Å². The van der Waals surface area contributed by atoms with Gasteiger partial charge in [0, 0.05) is 6.04 Å². The fourth-order valence-corrected chi connectivity index (χ4v) is 1.09. The Morgan fingerprint density at radius 2 is 1.92 bits per heavy atom. The van der Waals surface area contributed by atoms with Gasteiger partial charge in [0.2, 0.25) is 0 Å². The monoisotopic (exact) mass is 179 g/mol. The van der Waals surface area contributed by atoms with Crippen LogP contribution in [0.15, 0.2) is 24.3 Å². The van der Waals surface area contributed by atoms with Gasteiger partial charge in [0.25, 0.3) is 0 Å². The first-order valence-corrected chi connectivity index (χ1v) is 4.72. The predicted octanol–water partition coefficient (Wildman–Crippen LogP) is 2.50. The molecule has 0 bridgehead atoms. The number of hydrogen-bond donors (Lipinski definition) is 1. The van der Waals surface area contributed by atoms with Gasteiger partial charge in [-0.15, -0.1) is 0 Å². The zero-order chi connectivity index (χ0) is 9.68. The van der Waals surface area contributed by atoms with Crippen LogP contribution in [0, 0.1) is 0 Å². The zero-order valence-corrected chi connectivity index (χ0v) is 8.29. The largest absolute Gasteiger partial charge is 0.494 e. The van der Waals surface area contributed by atoms with E-state index < -0.39 is 0 Å². The Morgan fingerprint density at radius 1 is 1.31 bits per heavy atom. The average molecular weight is 179 g/mol. The molecule has 1 aromatic carbocycles. The van der Waals surface area contributed by atoms with Crippen molar-refractivity contribution < 1.29 is 4.74 Å². The number of hydrogen-bond acceptors (Lipinski definition) is 2. The van der Waals surface area contributed by atoms with Gasteiger partial charge >= 0.3 is 0 Å². The third kappa shape index (κ3) is 3.07. The molecule has 1 atom stereocenters. The van der Waals surface area contributed by atoms with E-state index in [1.165, 1.54) is 0 Å². The van der Waals surface area contributed by atoms with Gasteiger partial charge in [-0.3, -0.25) is 0 Å². The molecule has 0 fully saturated rings. The summed E-state index contributed by atoms with van der Waals surface area (Å²) in [6.07, 6.45) is 1.04. The minimum atomic E-state index is 0.0974. The second-order valence-corrected chi connectivity index (χ2v) is 3.21. The van der Waals surface area contributed by atoms with Crippen LogP contribution in [0.3, 0.4) is 0 Å². The maximum Gasteiger partial charge on any atom is 0.119 e. The highest BCUT2D eigenvalue weighted by atomic mass is 16.5. The molecule has 0 aliphatic rings. The van der Waals surface area contributed by atoms with E-state index >= 15 is 0 Å². The third-order valence-electron chi connectivity index (χ3n) is 1.88. The number of nitrogens with two attached hydrogens (primary N) is 1. The molecule has 1 rings (SSSR count). The smallest absolute Gasteiger partial charge is 0.119 e. The standard InChI is InChI=1S/C11H17NO/c1-3-8-13-11-6-4-10(5-7-11)9(2)12/h4-7,9H,3,8,12H2,1-2H3/t9-/m1/s1. The average Bonchev–Trinajstić information content (AvgIpc) is 2.15. The molecule has 0 radical (unpaired) electrons. The van der Waals surface area contributed by atoms with Gasteiger partial charge in [-0.1, -0.05) is 19.1 Å². The van der Waals surface area contributed by atoms with Crippen LogP contribution in [-0.2, 0) is 0 Å². The summed E-state index contributed by atoms with van der Waals surface area (Å²) in [5.74, 6) is 0.922. The molecule has 13 heavy (non-hydrogen) atoms. The lowest BCUT2D eigenvalue weighted by Crippen LogP contribution is -2.04. The van der Waals surface area contributed by atoms with Crippen LogP contribution in [0.2, 0.25) is 0 Å². The van der Waals surface area contributed by atoms with Crippen molar-refractivity contribution in [3.8, 4) is 5.75 Å². The van der Waals surface area contributed by atoms with Gasteiger partial charge in [-0.05, 0) is 31.0 Å². The first-order chi connectivity index (χ1) is 6.24. The van der Waals surface area contributed by atoms with Crippen molar-refractivity contribution in [1.82, 2.24) is 0 Å². The van der Waals surface area contributed by atoms with Crippen molar-refractivity contribution in [2.24, 2.45) is 5.73 Å². The van der Waals surface area contributed by atoms with Gasteiger partial charge in [-0.2, -0.15) is 0 Å². The highest BCUT2D eigenvalue weighted by Crippen LogP contribution is 2.15. The molecule has 0 aliphatic heterocycles. The van der Waals surface area contributed by atoms with Crippen LogP contribution in [0.25, 0.3) is 0 Å². The number of benzene rings is 1. The van der Waals surface area contributed by atoms with Crippen molar-refractivity contribution in [2.45, 2.75) is 26.3 Å². The molecule has 0 aliphatic carbocycles. The minimum Gasteiger partial charge on any atom is -0.494 e. The first kappa shape index (κ1) is 10.1. The SMILES string of the molecule is CCCOc1ccc([C@@H](C)N)cc1. The van der Waals surface area contributed by atoms with Crippen molar-refractivity contribution in [2.75, 3.05) is 6.61 Å². The quantitative estimate of drug-likeness (QED) is 0.770. The Hall–Kier alpha value is -1.02. The van der Waals surface area contributed by atoms with Crippen molar-refractivity contribution in [1.29, 1.82) is 0 Å². The molecule has 0 spiro atoms. The van der Waals surface area contributed by atoms with E-state index in [4.69, 9.17) is 10.5 Å². The predicted molar refractivity (Wildman–Crippen MR) is 54.8 cm³/mol. The van der Waals surface area contributed by atoms with Crippen molar-refractivity contribution >= 4 is 0 Å². The van der Waals surface area contributed by atoms with E-state index in [0.29, 0.717) is 0 Å². The van der Waals surface area contributed by atoms with E-state index in [2.05, 4.69) is 6.92 Å². The summed E-state index contributed by atoms with van der Waals surface area (Å²) in [5, 5.41) is 0. The second kappa shape index (κ2) is 4.87. The highest BCUT2D eigenvalue weighted by Gasteiger charge is 1.98. The molecule has 0 saturated heterocycles. The Kier molecular flexibility index (Phi) is 3.77. The topological polar surface area (TPSA) is 35.2 Å². The number of ether oxygens (including phenoxy) is 1. The summed E-state index contributed by atoms with van der Waals surface area (Å²) in [5.41, 5.74) is 6.87. The molecule has 2 heteroatoms. The van der Waals surface area contributed by atoms with E-state index in [1.54, 1.807) is 0 Å². The second-order valence-electron chi connectivity index (χ2n) is 3.21. The van der Waals surface area contributed by atoms with E-state index in [-0.39, 0.29) is 6.04 Å². The minimum absolute atomic E-state index is 0.0974. The van der Waals surface area contributed by atoms with Crippen LogP contribution in [0.4, 0.5) is 0 Å². The maximum atomic E-state index is 5.72. The molecule has 0 unspecified atom stereocenters.